The third-order valence-electron chi connectivity index (χ3n) is 6.40. The van der Waals surface area contributed by atoms with Crippen LogP contribution in [0.4, 0.5) is 19.3 Å². The molecule has 9 heteroatoms. The van der Waals surface area contributed by atoms with Crippen LogP contribution in [0, 0.1) is 11.6 Å². The second-order valence-electron chi connectivity index (χ2n) is 9.10. The van der Waals surface area contributed by atoms with Gasteiger partial charge in [0.05, 0.1) is 0 Å². The number of carbonyl (C=O) groups is 2. The smallest absolute Gasteiger partial charge is 0.411 e. The van der Waals surface area contributed by atoms with E-state index < -0.39 is 23.6 Å². The molecule has 3 aromatic rings. The van der Waals surface area contributed by atoms with Crippen LogP contribution < -0.4 is 11.1 Å². The van der Waals surface area contributed by atoms with Crippen LogP contribution in [0.2, 0.25) is 5.02 Å². The van der Waals surface area contributed by atoms with Crippen molar-refractivity contribution in [3.8, 4) is 0 Å². The summed E-state index contributed by atoms with van der Waals surface area (Å²) in [5.41, 5.74) is 8.09. The summed E-state index contributed by atoms with van der Waals surface area (Å²) in [6.07, 6.45) is 2.57. The lowest BCUT2D eigenvalue weighted by Gasteiger charge is -2.38. The summed E-state index contributed by atoms with van der Waals surface area (Å²) in [5.74, 6) is -2.22. The van der Waals surface area contributed by atoms with Crippen LogP contribution in [0.3, 0.4) is 0 Å². The van der Waals surface area contributed by atoms with E-state index in [0.29, 0.717) is 22.7 Å². The van der Waals surface area contributed by atoms with E-state index in [1.54, 1.807) is 18.2 Å². The number of hydrogen-bond donors (Lipinski definition) is 2. The molecule has 1 saturated carbocycles. The maximum absolute atomic E-state index is 13.9. The van der Waals surface area contributed by atoms with Gasteiger partial charge in [0.25, 0.3) is 5.91 Å². The van der Waals surface area contributed by atoms with Gasteiger partial charge in [-0.2, -0.15) is 0 Å². The van der Waals surface area contributed by atoms with Crippen molar-refractivity contribution in [3.05, 3.63) is 100 Å². The molecule has 6 nitrogen and oxygen atoms in total. The minimum atomic E-state index is -0.838. The van der Waals surface area contributed by atoms with Gasteiger partial charge >= 0.3 is 6.09 Å². The molecule has 2 amide bonds. The summed E-state index contributed by atoms with van der Waals surface area (Å²) in [6.45, 7) is 0.155. The zero-order valence-corrected chi connectivity index (χ0v) is 20.9. The Kier molecular flexibility index (Phi) is 8.74. The van der Waals surface area contributed by atoms with Crippen molar-refractivity contribution in [1.29, 1.82) is 0 Å². The number of nitrogens with zero attached hydrogens (tertiary/aromatic N) is 1. The Bertz CT molecular complexity index is 1240. The van der Waals surface area contributed by atoms with Crippen molar-refractivity contribution in [2.24, 2.45) is 5.73 Å². The molecule has 0 bridgehead atoms. The lowest BCUT2D eigenvalue weighted by atomic mass is 9.89. The number of carbonyl (C=O) groups excluding carboxylic acids is 2. The van der Waals surface area contributed by atoms with Gasteiger partial charge in [-0.15, -0.1) is 0 Å². The van der Waals surface area contributed by atoms with Gasteiger partial charge in [0.2, 0.25) is 0 Å². The van der Waals surface area contributed by atoms with Crippen LogP contribution in [0.1, 0.15) is 47.2 Å². The van der Waals surface area contributed by atoms with Gasteiger partial charge in [-0.1, -0.05) is 54.8 Å². The highest BCUT2D eigenvalue weighted by Gasteiger charge is 2.32. The lowest BCUT2D eigenvalue weighted by Crippen LogP contribution is -2.51. The third-order valence-corrected chi connectivity index (χ3v) is 6.77. The standard InChI is InChI=1S/C28H28ClF2N3O3/c29-24-11-10-23(33-28(36)37-17-18-6-2-1-3-7-18)14-20(24)16-34(26-9-5-4-8-25(26)32)27(35)19-12-21(30)15-22(31)13-19/h1-3,6-7,10-15,25-26H,4-5,8-9,16-17,32H2,(H,33,36). The van der Waals surface area contributed by atoms with Crippen molar-refractivity contribution in [3.63, 3.8) is 0 Å². The Hall–Kier alpha value is -3.49. The van der Waals surface area contributed by atoms with Gasteiger partial charge in [0.15, 0.2) is 0 Å². The molecule has 1 aliphatic rings. The van der Waals surface area contributed by atoms with Gasteiger partial charge in [-0.3, -0.25) is 10.1 Å². The number of nitrogens with one attached hydrogen (secondary N) is 1. The van der Waals surface area contributed by atoms with E-state index in [2.05, 4.69) is 5.32 Å². The number of hydrogen-bond acceptors (Lipinski definition) is 4. The number of halogens is 3. The normalized spacial score (nSPS) is 17.2. The zero-order valence-electron chi connectivity index (χ0n) is 20.1. The van der Waals surface area contributed by atoms with Crippen LogP contribution in [-0.4, -0.2) is 29.0 Å². The highest BCUT2D eigenvalue weighted by atomic mass is 35.5. The van der Waals surface area contributed by atoms with Crippen molar-refractivity contribution < 1.29 is 23.1 Å². The second-order valence-corrected chi connectivity index (χ2v) is 9.51. The van der Waals surface area contributed by atoms with E-state index in [4.69, 9.17) is 22.1 Å². The first-order valence-corrected chi connectivity index (χ1v) is 12.5. The predicted octanol–water partition coefficient (Wildman–Crippen LogP) is 6.28. The van der Waals surface area contributed by atoms with Crippen LogP contribution in [-0.2, 0) is 17.9 Å². The van der Waals surface area contributed by atoms with Crippen molar-refractivity contribution in [2.75, 3.05) is 5.32 Å². The molecule has 194 valence electrons. The fourth-order valence-corrected chi connectivity index (χ4v) is 4.72. The molecule has 2 atom stereocenters. The SMILES string of the molecule is NC1CCCCC1N(Cc1cc(NC(=O)OCc2ccccc2)ccc1Cl)C(=O)c1cc(F)cc(F)c1. The largest absolute Gasteiger partial charge is 0.444 e. The summed E-state index contributed by atoms with van der Waals surface area (Å²) < 4.78 is 33.1. The Morgan fingerprint density at radius 2 is 1.70 bits per heavy atom. The van der Waals surface area contributed by atoms with Crippen LogP contribution >= 0.6 is 11.6 Å². The topological polar surface area (TPSA) is 84.7 Å². The number of anilines is 1. The lowest BCUT2D eigenvalue weighted by molar-refractivity contribution is 0.0582. The maximum atomic E-state index is 13.9. The molecule has 0 saturated heterocycles. The van der Waals surface area contributed by atoms with E-state index in [9.17, 15) is 18.4 Å². The number of ether oxygens (including phenoxy) is 1. The van der Waals surface area contributed by atoms with Crippen molar-refractivity contribution in [1.82, 2.24) is 4.90 Å². The maximum Gasteiger partial charge on any atom is 0.411 e. The molecule has 1 aliphatic carbocycles. The molecule has 3 N–H and O–H groups in total. The van der Waals surface area contributed by atoms with Crippen LogP contribution in [0.5, 0.6) is 0 Å². The fraction of sp³-hybridized carbons (Fsp3) is 0.286. The molecule has 2 unspecified atom stereocenters. The summed E-state index contributed by atoms with van der Waals surface area (Å²) in [4.78, 5) is 27.4. The molecular formula is C28H28ClF2N3O3. The van der Waals surface area contributed by atoms with Crippen molar-refractivity contribution in [2.45, 2.75) is 50.9 Å². The zero-order chi connectivity index (χ0) is 26.4. The minimum Gasteiger partial charge on any atom is -0.444 e. The first-order valence-electron chi connectivity index (χ1n) is 12.1. The van der Waals surface area contributed by atoms with E-state index >= 15 is 0 Å². The number of nitrogens with two attached hydrogens (primary N) is 1. The number of rotatable bonds is 7. The average Bonchev–Trinajstić information content (AvgIpc) is 2.88. The molecule has 0 spiro atoms. The van der Waals surface area contributed by atoms with Crippen LogP contribution in [0.25, 0.3) is 0 Å². The quantitative estimate of drug-likeness (QED) is 0.379. The van der Waals surface area contributed by atoms with Crippen molar-refractivity contribution >= 4 is 29.3 Å². The predicted molar refractivity (Wildman–Crippen MR) is 138 cm³/mol. The summed E-state index contributed by atoms with van der Waals surface area (Å²) in [7, 11) is 0. The van der Waals surface area contributed by atoms with Gasteiger partial charge in [0.1, 0.15) is 18.2 Å². The number of amides is 2. The summed E-state index contributed by atoms with van der Waals surface area (Å²) in [6, 6.07) is 16.3. The average molecular weight is 528 g/mol. The first-order chi connectivity index (χ1) is 17.8. The monoisotopic (exact) mass is 527 g/mol. The Morgan fingerprint density at radius 3 is 2.41 bits per heavy atom. The van der Waals surface area contributed by atoms with Gasteiger partial charge in [-0.25, -0.2) is 13.6 Å². The van der Waals surface area contributed by atoms with E-state index in [-0.39, 0.29) is 30.8 Å². The Balaban J connectivity index is 1.54. The minimum absolute atomic E-state index is 0.0444. The molecule has 1 fully saturated rings. The van der Waals surface area contributed by atoms with Gasteiger partial charge in [-0.05, 0) is 54.3 Å². The molecule has 0 heterocycles. The molecule has 0 radical (unpaired) electrons. The third kappa shape index (κ3) is 7.05. The Morgan fingerprint density at radius 1 is 1.00 bits per heavy atom. The summed E-state index contributed by atoms with van der Waals surface area (Å²) >= 11 is 6.46. The molecule has 4 rings (SSSR count). The Labute approximate surface area is 219 Å². The molecular weight excluding hydrogens is 500 g/mol. The second kappa shape index (κ2) is 12.2. The highest BCUT2D eigenvalue weighted by molar-refractivity contribution is 6.31. The summed E-state index contributed by atoms with van der Waals surface area (Å²) in [5, 5.41) is 3.04. The molecule has 0 aromatic heterocycles. The first kappa shape index (κ1) is 26.6. The van der Waals surface area contributed by atoms with Gasteiger partial charge < -0.3 is 15.4 Å². The van der Waals surface area contributed by atoms with Crippen LogP contribution in [0.15, 0.2) is 66.7 Å². The molecule has 3 aromatic carbocycles. The van der Waals surface area contributed by atoms with Gasteiger partial charge in [0, 0.05) is 41.0 Å². The fourth-order valence-electron chi connectivity index (χ4n) is 4.54. The van der Waals surface area contributed by atoms with E-state index in [0.717, 1.165) is 43.0 Å². The highest BCUT2D eigenvalue weighted by Crippen LogP contribution is 2.29. The van der Waals surface area contributed by atoms with E-state index in [1.165, 1.54) is 4.90 Å². The molecule has 0 aliphatic heterocycles. The molecule has 37 heavy (non-hydrogen) atoms. The van der Waals surface area contributed by atoms with E-state index in [1.807, 2.05) is 30.3 Å². The number of benzene rings is 3.